The maximum Gasteiger partial charge on any atom is 0.0637 e. The molecule has 2 nitrogen and oxygen atoms in total. The Morgan fingerprint density at radius 1 is 0.520 bits per heavy atom. The average molecular weight is 641 g/mol. The van der Waals surface area contributed by atoms with E-state index in [1.165, 1.54) is 78.2 Å². The highest BCUT2D eigenvalue weighted by Crippen LogP contribution is 2.54. The summed E-state index contributed by atoms with van der Waals surface area (Å²) in [4.78, 5) is 2.57. The van der Waals surface area contributed by atoms with Crippen LogP contribution in [0.1, 0.15) is 41.1 Å². The fraction of sp³-hybridized carbons (Fsp3) is 0.0833. The van der Waals surface area contributed by atoms with Crippen LogP contribution in [0.25, 0.3) is 50.5 Å². The number of hydrogen-bond donors (Lipinski definition) is 0. The van der Waals surface area contributed by atoms with Gasteiger partial charge in [-0.15, -0.1) is 0 Å². The molecule has 7 aromatic rings. The fourth-order valence-corrected chi connectivity index (χ4v) is 8.51. The second-order valence-electron chi connectivity index (χ2n) is 13.6. The van der Waals surface area contributed by atoms with E-state index in [0.717, 1.165) is 12.8 Å². The van der Waals surface area contributed by atoms with Gasteiger partial charge in [-0.25, -0.2) is 0 Å². The molecular weight excluding hydrogens is 605 g/mol. The van der Waals surface area contributed by atoms with Gasteiger partial charge >= 0.3 is 0 Å². The Morgan fingerprint density at radius 3 is 2.04 bits per heavy atom. The molecule has 2 heterocycles. The zero-order valence-corrected chi connectivity index (χ0v) is 27.8. The van der Waals surface area contributed by atoms with Crippen LogP contribution in [0.5, 0.6) is 0 Å². The molecule has 0 N–H and O–H groups in total. The van der Waals surface area contributed by atoms with E-state index in [1.807, 2.05) is 0 Å². The van der Waals surface area contributed by atoms with E-state index < -0.39 is 0 Å². The van der Waals surface area contributed by atoms with Crippen molar-refractivity contribution in [1.82, 2.24) is 4.57 Å². The van der Waals surface area contributed by atoms with Crippen molar-refractivity contribution in [2.24, 2.45) is 0 Å². The highest BCUT2D eigenvalue weighted by Gasteiger charge is 2.43. The molecule has 0 bridgehead atoms. The van der Waals surface area contributed by atoms with E-state index in [4.69, 9.17) is 0 Å². The van der Waals surface area contributed by atoms with Gasteiger partial charge in [-0.05, 0) is 99.8 Å². The summed E-state index contributed by atoms with van der Waals surface area (Å²) in [5.74, 6) is 0.212. The van der Waals surface area contributed by atoms with Gasteiger partial charge in [-0.2, -0.15) is 0 Å². The smallest absolute Gasteiger partial charge is 0.0637 e. The van der Waals surface area contributed by atoms with Gasteiger partial charge in [0, 0.05) is 28.4 Å². The molecule has 2 unspecified atom stereocenters. The topological polar surface area (TPSA) is 8.17 Å². The Balaban J connectivity index is 1.08. The maximum atomic E-state index is 2.57. The molecular formula is C48H36N2. The summed E-state index contributed by atoms with van der Waals surface area (Å²) < 4.78 is 2.48. The number of aromatic nitrogens is 1. The zero-order chi connectivity index (χ0) is 33.0. The molecule has 0 saturated carbocycles. The van der Waals surface area contributed by atoms with E-state index in [2.05, 4.69) is 192 Å². The first-order chi connectivity index (χ1) is 24.8. The molecule has 2 heteroatoms. The summed E-state index contributed by atoms with van der Waals surface area (Å²) in [6.45, 7) is 0. The van der Waals surface area contributed by atoms with Crippen LogP contribution in [0.2, 0.25) is 0 Å². The van der Waals surface area contributed by atoms with Crippen LogP contribution in [-0.4, -0.2) is 10.6 Å². The third-order valence-corrected chi connectivity index (χ3v) is 10.8. The third kappa shape index (κ3) is 4.64. The number of hydrogen-bond acceptors (Lipinski definition) is 1. The number of fused-ring (bicyclic) bond motifs is 7. The highest BCUT2D eigenvalue weighted by molar-refractivity contribution is 5.95. The standard InChI is InChI=1S/C48H36N2/c1-3-13-33(14-4-1)35-25-27-36(28-26-35)38-18-12-20-40(32-38)50-44-24-10-8-22-42(44)48-46(50)30-29-45-47(48)41-21-7-9-23-43(41)49(45)39-19-11-17-37(31-39)34-15-5-2-6-16-34/h1,3-5,7-32,45,47H,2,6H2. The van der Waals surface area contributed by atoms with Crippen LogP contribution in [-0.2, 0) is 0 Å². The van der Waals surface area contributed by atoms with Crippen LogP contribution in [0, 0.1) is 0 Å². The van der Waals surface area contributed by atoms with Crippen LogP contribution < -0.4 is 4.90 Å². The van der Waals surface area contributed by atoms with Crippen molar-refractivity contribution in [3.63, 3.8) is 0 Å². The van der Waals surface area contributed by atoms with Gasteiger partial charge in [0.15, 0.2) is 0 Å². The van der Waals surface area contributed by atoms with Crippen molar-refractivity contribution in [3.05, 3.63) is 198 Å². The number of para-hydroxylation sites is 2. The molecule has 238 valence electrons. The second kappa shape index (κ2) is 11.8. The first kappa shape index (κ1) is 28.9. The Kier molecular flexibility index (Phi) is 6.80. The van der Waals surface area contributed by atoms with Gasteiger partial charge in [-0.1, -0.05) is 140 Å². The van der Waals surface area contributed by atoms with Gasteiger partial charge in [-0.3, -0.25) is 0 Å². The second-order valence-corrected chi connectivity index (χ2v) is 13.6. The Morgan fingerprint density at radius 2 is 1.20 bits per heavy atom. The van der Waals surface area contributed by atoms with E-state index in [-0.39, 0.29) is 12.0 Å². The normalized spacial score (nSPS) is 17.4. The lowest BCUT2D eigenvalue weighted by molar-refractivity contribution is 0.725. The Bertz CT molecular complexity index is 2490. The minimum atomic E-state index is 0.180. The molecule has 0 saturated heterocycles. The molecule has 50 heavy (non-hydrogen) atoms. The van der Waals surface area contributed by atoms with Gasteiger partial charge < -0.3 is 9.47 Å². The van der Waals surface area contributed by atoms with Crippen LogP contribution >= 0.6 is 0 Å². The SMILES string of the molecule is C1=CC(c2cccc(N3c4ccccc4C4c5c(n(-c6cccc(-c7ccc(-c8ccccc8)cc7)c6)c6ccccc56)C=CC43)c2)=CCC1. The molecule has 6 aromatic carbocycles. The predicted molar refractivity (Wildman–Crippen MR) is 210 cm³/mol. The molecule has 1 aliphatic heterocycles. The molecule has 10 rings (SSSR count). The largest absolute Gasteiger partial charge is 0.333 e. The molecule has 0 spiro atoms. The molecule has 2 aliphatic carbocycles. The van der Waals surface area contributed by atoms with Crippen molar-refractivity contribution in [2.75, 3.05) is 4.90 Å². The van der Waals surface area contributed by atoms with Crippen molar-refractivity contribution >= 4 is 33.9 Å². The molecule has 3 aliphatic rings. The lowest BCUT2D eigenvalue weighted by Crippen LogP contribution is -2.30. The van der Waals surface area contributed by atoms with Crippen LogP contribution in [0.3, 0.4) is 0 Å². The lowest BCUT2D eigenvalue weighted by Gasteiger charge is -2.31. The highest BCUT2D eigenvalue weighted by atomic mass is 15.2. The van der Waals surface area contributed by atoms with Crippen LogP contribution in [0.15, 0.2) is 176 Å². The molecule has 0 fully saturated rings. The van der Waals surface area contributed by atoms with Gasteiger partial charge in [0.2, 0.25) is 0 Å². The Labute approximate surface area is 293 Å². The fourth-order valence-electron chi connectivity index (χ4n) is 8.51. The molecule has 1 aromatic heterocycles. The van der Waals surface area contributed by atoms with Crippen molar-refractivity contribution < 1.29 is 0 Å². The number of anilines is 2. The van der Waals surface area contributed by atoms with Crippen molar-refractivity contribution in [3.8, 4) is 27.9 Å². The quantitative estimate of drug-likeness (QED) is 0.182. The Hall–Kier alpha value is -6.12. The molecule has 2 atom stereocenters. The summed E-state index contributed by atoms with van der Waals surface area (Å²) in [5.41, 5.74) is 16.5. The van der Waals surface area contributed by atoms with Crippen molar-refractivity contribution in [2.45, 2.75) is 24.8 Å². The van der Waals surface area contributed by atoms with Crippen LogP contribution in [0.4, 0.5) is 11.4 Å². The summed E-state index contributed by atoms with van der Waals surface area (Å²) >= 11 is 0. The maximum absolute atomic E-state index is 2.57. The summed E-state index contributed by atoms with van der Waals surface area (Å²) in [5, 5.41) is 1.32. The average Bonchev–Trinajstić information content (AvgIpc) is 3.72. The van der Waals surface area contributed by atoms with Gasteiger partial charge in [0.1, 0.15) is 0 Å². The lowest BCUT2D eigenvalue weighted by atomic mass is 9.82. The summed E-state index contributed by atoms with van der Waals surface area (Å²) in [6.07, 6.45) is 14.0. The number of benzene rings is 6. The minimum Gasteiger partial charge on any atom is -0.333 e. The minimum absolute atomic E-state index is 0.180. The number of rotatable bonds is 5. The molecule has 0 amide bonds. The predicted octanol–water partition coefficient (Wildman–Crippen LogP) is 12.4. The van der Waals surface area contributed by atoms with E-state index >= 15 is 0 Å². The van der Waals surface area contributed by atoms with Crippen molar-refractivity contribution in [1.29, 1.82) is 0 Å². The van der Waals surface area contributed by atoms with E-state index in [1.54, 1.807) is 0 Å². The molecule has 0 radical (unpaired) electrons. The number of nitrogens with zero attached hydrogens (tertiary/aromatic N) is 2. The van der Waals surface area contributed by atoms with E-state index in [9.17, 15) is 0 Å². The van der Waals surface area contributed by atoms with E-state index in [0.29, 0.717) is 0 Å². The van der Waals surface area contributed by atoms with Gasteiger partial charge in [0.25, 0.3) is 0 Å². The third-order valence-electron chi connectivity index (χ3n) is 10.8. The van der Waals surface area contributed by atoms with Gasteiger partial charge in [0.05, 0.1) is 17.3 Å². The first-order valence-electron chi connectivity index (χ1n) is 17.7. The zero-order valence-electron chi connectivity index (χ0n) is 27.8. The monoisotopic (exact) mass is 640 g/mol. The first-order valence-corrected chi connectivity index (χ1v) is 17.7. The summed E-state index contributed by atoms with van der Waals surface area (Å²) in [7, 11) is 0. The number of allylic oxidation sites excluding steroid dienone is 4. The summed E-state index contributed by atoms with van der Waals surface area (Å²) in [6, 6.07) is 55.9.